The van der Waals surface area contributed by atoms with E-state index in [1.54, 1.807) is 85.7 Å². The van der Waals surface area contributed by atoms with Crippen molar-refractivity contribution in [3.63, 3.8) is 0 Å². The number of nitrogens with two attached hydrogens (primary N) is 2. The summed E-state index contributed by atoms with van der Waals surface area (Å²) in [4.78, 5) is 145. The van der Waals surface area contributed by atoms with E-state index in [0.717, 1.165) is 0 Å². The predicted octanol–water partition coefficient (Wildman–Crippen LogP) is -2.57. The molecule has 410 valence electrons. The van der Waals surface area contributed by atoms with E-state index in [4.69, 9.17) is 11.5 Å². The zero-order valence-electron chi connectivity index (χ0n) is 42.9. The third-order valence-electron chi connectivity index (χ3n) is 11.1. The van der Waals surface area contributed by atoms with E-state index in [1.807, 2.05) is 0 Å². The maximum absolute atomic E-state index is 14.3. The van der Waals surface area contributed by atoms with Crippen LogP contribution in [-0.2, 0) is 59.2 Å². The molecule has 25 heteroatoms. The number of hydrogen-bond donors (Lipinski definition) is 14. The van der Waals surface area contributed by atoms with E-state index in [-0.39, 0.29) is 56.3 Å². The second-order valence-electron chi connectivity index (χ2n) is 19.5. The minimum Gasteiger partial charge on any atom is -0.481 e. The number of hydrogen-bond acceptors (Lipinski definition) is 14. The van der Waals surface area contributed by atoms with Crippen LogP contribution in [0.3, 0.4) is 0 Å². The largest absolute Gasteiger partial charge is 0.481 e. The van der Waals surface area contributed by atoms with Gasteiger partial charge in [0, 0.05) is 19.3 Å². The Hall–Kier alpha value is -6.73. The highest BCUT2D eigenvalue weighted by Gasteiger charge is 2.36. The maximum atomic E-state index is 14.3. The van der Waals surface area contributed by atoms with Crippen LogP contribution in [-0.4, -0.2) is 153 Å². The van der Waals surface area contributed by atoms with Crippen molar-refractivity contribution in [2.75, 3.05) is 13.2 Å². The zero-order valence-corrected chi connectivity index (χ0v) is 42.9. The van der Waals surface area contributed by atoms with Gasteiger partial charge >= 0.3 is 11.9 Å². The number of nitrogens with one attached hydrogen (secondary N) is 8. The topological polar surface area (TPSA) is 417 Å². The molecule has 1 rings (SSSR count). The first-order valence-corrected chi connectivity index (χ1v) is 24.3. The summed E-state index contributed by atoms with van der Waals surface area (Å²) in [5, 5.41) is 58.4. The number of carboxylic acid groups (broad SMARTS) is 2. The van der Waals surface area contributed by atoms with E-state index in [1.165, 1.54) is 0 Å². The number of carboxylic acids is 2. The summed E-state index contributed by atoms with van der Waals surface area (Å²) in [6.07, 6.45) is -1.99. The molecule has 0 aliphatic carbocycles. The SMILES string of the molecule is CC(C)C[C@H](NC(=O)[C@H](CCC(N)=O)NC(=O)[C@H](CC(C)C)NC(=O)[C@H](CC(C)C)NC(=O)[C@H](Cc1ccccc1)NC(=O)[C@H](CCC(=O)O)NC(=O)[C@H](CO)NC(=O)[C@@H](NC(=O)[C@@H](N)CO)C(C)C)C(=O)O. The fraction of sp³-hybridized carbons (Fsp3) is 0.646. The molecule has 16 N–H and O–H groups in total. The predicted molar refractivity (Wildman–Crippen MR) is 264 cm³/mol. The van der Waals surface area contributed by atoms with Crippen LogP contribution >= 0.6 is 0 Å². The maximum Gasteiger partial charge on any atom is 0.326 e. The lowest BCUT2D eigenvalue weighted by atomic mass is 9.98. The van der Waals surface area contributed by atoms with Crippen LogP contribution in [0, 0.1) is 23.7 Å². The van der Waals surface area contributed by atoms with E-state index in [0.29, 0.717) is 5.56 Å². The number of aliphatic hydroxyl groups excluding tert-OH is 2. The van der Waals surface area contributed by atoms with Gasteiger partial charge in [0.25, 0.3) is 0 Å². The lowest BCUT2D eigenvalue weighted by Crippen LogP contribution is -2.61. The van der Waals surface area contributed by atoms with E-state index < -0.39 is 151 Å². The summed E-state index contributed by atoms with van der Waals surface area (Å²) in [5.41, 5.74) is 11.4. The van der Waals surface area contributed by atoms with Crippen molar-refractivity contribution >= 4 is 65.1 Å². The second kappa shape index (κ2) is 32.4. The number of primary amides is 1. The van der Waals surface area contributed by atoms with Gasteiger partial charge in [-0.15, -0.1) is 0 Å². The highest BCUT2D eigenvalue weighted by Crippen LogP contribution is 2.13. The number of aliphatic carboxylic acids is 2. The number of amides is 9. The Morgan fingerprint density at radius 1 is 0.466 bits per heavy atom. The molecule has 0 radical (unpaired) electrons. The number of carbonyl (C=O) groups is 11. The fourth-order valence-corrected chi connectivity index (χ4v) is 7.22. The Labute approximate surface area is 425 Å². The van der Waals surface area contributed by atoms with Crippen LogP contribution < -0.4 is 54.0 Å². The van der Waals surface area contributed by atoms with Gasteiger partial charge in [0.1, 0.15) is 54.4 Å². The number of benzene rings is 1. The van der Waals surface area contributed by atoms with Gasteiger partial charge in [-0.1, -0.05) is 85.7 Å². The summed E-state index contributed by atoms with van der Waals surface area (Å²) in [7, 11) is 0. The smallest absolute Gasteiger partial charge is 0.326 e. The Balaban J connectivity index is 3.56. The van der Waals surface area contributed by atoms with Gasteiger partial charge < -0.3 is 74.4 Å². The van der Waals surface area contributed by atoms with Crippen LogP contribution in [0.25, 0.3) is 0 Å². The van der Waals surface area contributed by atoms with Crippen molar-refractivity contribution in [1.29, 1.82) is 0 Å². The van der Waals surface area contributed by atoms with Crippen molar-refractivity contribution < 1.29 is 73.2 Å². The first-order valence-electron chi connectivity index (χ1n) is 24.3. The van der Waals surface area contributed by atoms with Crippen LogP contribution in [0.1, 0.15) is 106 Å². The Kier molecular flexibility index (Phi) is 28.5. The second-order valence-corrected chi connectivity index (χ2v) is 19.5. The molecule has 0 fully saturated rings. The Morgan fingerprint density at radius 2 is 0.849 bits per heavy atom. The monoisotopic (exact) mass is 1030 g/mol. The minimum absolute atomic E-state index is 0.00316. The van der Waals surface area contributed by atoms with E-state index in [9.17, 15) is 73.2 Å². The minimum atomic E-state index is -1.74. The lowest BCUT2D eigenvalue weighted by molar-refractivity contribution is -0.143. The van der Waals surface area contributed by atoms with Gasteiger partial charge in [-0.25, -0.2) is 4.79 Å². The molecule has 0 saturated heterocycles. The number of aliphatic hydroxyl groups is 2. The molecule has 0 spiro atoms. The van der Waals surface area contributed by atoms with Crippen LogP contribution in [0.2, 0.25) is 0 Å². The van der Waals surface area contributed by atoms with Gasteiger partial charge in [0.15, 0.2) is 0 Å². The summed E-state index contributed by atoms with van der Waals surface area (Å²) < 4.78 is 0. The van der Waals surface area contributed by atoms with Crippen molar-refractivity contribution in [2.45, 2.75) is 161 Å². The third-order valence-corrected chi connectivity index (χ3v) is 11.1. The Morgan fingerprint density at radius 3 is 1.26 bits per heavy atom. The molecule has 25 nitrogen and oxygen atoms in total. The first kappa shape index (κ1) is 64.3. The van der Waals surface area contributed by atoms with Crippen LogP contribution in [0.15, 0.2) is 30.3 Å². The molecule has 1 aromatic carbocycles. The Bertz CT molecular complexity index is 2040. The molecule has 73 heavy (non-hydrogen) atoms. The summed E-state index contributed by atoms with van der Waals surface area (Å²) in [5.74, 6) is -12.2. The average molecular weight is 1040 g/mol. The number of carbonyl (C=O) groups excluding carboxylic acids is 9. The van der Waals surface area contributed by atoms with Gasteiger partial charge in [0.2, 0.25) is 53.2 Å². The number of rotatable bonds is 34. The summed E-state index contributed by atoms with van der Waals surface area (Å²) in [6.45, 7) is 11.9. The lowest BCUT2D eigenvalue weighted by Gasteiger charge is -2.29. The summed E-state index contributed by atoms with van der Waals surface area (Å²) >= 11 is 0. The highest BCUT2D eigenvalue weighted by atomic mass is 16.4. The zero-order chi connectivity index (χ0) is 55.7. The molecule has 0 saturated carbocycles. The third kappa shape index (κ3) is 24.5. The molecule has 9 amide bonds. The van der Waals surface area contributed by atoms with E-state index in [2.05, 4.69) is 42.5 Å². The summed E-state index contributed by atoms with van der Waals surface area (Å²) in [6, 6.07) is -4.74. The van der Waals surface area contributed by atoms with Crippen LogP contribution in [0.5, 0.6) is 0 Å². The van der Waals surface area contributed by atoms with Crippen molar-refractivity contribution in [1.82, 2.24) is 42.5 Å². The molecule has 0 unspecified atom stereocenters. The normalized spacial score (nSPS) is 15.0. The molecule has 0 aliphatic heterocycles. The molecule has 9 atom stereocenters. The fourth-order valence-electron chi connectivity index (χ4n) is 7.22. The van der Waals surface area contributed by atoms with Gasteiger partial charge in [-0.2, -0.15) is 0 Å². The quantitative estimate of drug-likeness (QED) is 0.0337. The first-order chi connectivity index (χ1) is 34.1. The molecule has 0 bridgehead atoms. The molecule has 0 aromatic heterocycles. The molecular formula is C48H78N10O15. The van der Waals surface area contributed by atoms with Crippen LogP contribution in [0.4, 0.5) is 0 Å². The van der Waals surface area contributed by atoms with Gasteiger partial charge in [-0.05, 0) is 61.3 Å². The van der Waals surface area contributed by atoms with E-state index >= 15 is 0 Å². The standard InChI is InChI=1S/C48H78N10O15/c1-24(2)18-32(43(67)51-30(14-16-37(50)61)42(66)56-35(48(72)73)20-26(5)6)53-44(68)33(19-25(3)4)54-45(69)34(21-28-12-10-9-11-13-28)55-41(65)31(15-17-38(62)63)52-46(70)36(23-60)57-47(71)39(27(7)8)58-40(64)29(49)22-59/h9-13,24-27,29-36,39,59-60H,14-23,49H2,1-8H3,(H2,50,61)(H,51,67)(H,52,70)(H,53,68)(H,54,69)(H,55,65)(H,56,66)(H,57,71)(H,58,64)(H,62,63)(H,72,73)/t29-,30-,31-,32-,33-,34-,35-,36-,39-/m0/s1. The average Bonchev–Trinajstić information content (AvgIpc) is 3.30. The molecule has 0 heterocycles. The van der Waals surface area contributed by atoms with Crippen molar-refractivity contribution in [3.05, 3.63) is 35.9 Å². The van der Waals surface area contributed by atoms with Crippen molar-refractivity contribution in [3.8, 4) is 0 Å². The highest BCUT2D eigenvalue weighted by molar-refractivity contribution is 5.98. The molecule has 1 aromatic rings. The van der Waals surface area contributed by atoms with Gasteiger partial charge in [-0.3, -0.25) is 47.9 Å². The van der Waals surface area contributed by atoms with Crippen molar-refractivity contribution in [2.24, 2.45) is 35.1 Å². The van der Waals surface area contributed by atoms with Gasteiger partial charge in [0.05, 0.1) is 13.2 Å². The molecule has 0 aliphatic rings. The molecular weight excluding hydrogens is 957 g/mol.